The lowest BCUT2D eigenvalue weighted by Crippen LogP contribution is -2.24. The smallest absolute Gasteiger partial charge is 0.143 e. The normalized spacial score (nSPS) is 10.6. The first kappa shape index (κ1) is 13.7. The second kappa shape index (κ2) is 6.40. The molecular weight excluding hydrogens is 214 g/mol. The molecule has 3 heteroatoms. The summed E-state index contributed by atoms with van der Waals surface area (Å²) in [6.45, 7) is 4.94. The van der Waals surface area contributed by atoms with Crippen molar-refractivity contribution in [2.75, 3.05) is 20.7 Å². The highest BCUT2D eigenvalue weighted by Crippen LogP contribution is 2.21. The first-order valence-corrected chi connectivity index (χ1v) is 5.90. The minimum Gasteiger partial charge on any atom is -0.496 e. The van der Waals surface area contributed by atoms with Gasteiger partial charge in [0.1, 0.15) is 11.5 Å². The lowest BCUT2D eigenvalue weighted by atomic mass is 10.1. The molecule has 0 spiro atoms. The Labute approximate surface area is 103 Å². The number of methoxy groups -OCH3 is 1. The molecule has 0 N–H and O–H groups in total. The molecule has 1 aromatic rings. The second-order valence-corrected chi connectivity index (χ2v) is 4.37. The van der Waals surface area contributed by atoms with E-state index in [9.17, 15) is 4.79 Å². The predicted octanol–water partition coefficient (Wildman–Crippen LogP) is 2.28. The maximum absolute atomic E-state index is 11.0. The van der Waals surface area contributed by atoms with E-state index in [0.717, 1.165) is 24.3 Å². The van der Waals surface area contributed by atoms with E-state index in [1.54, 1.807) is 14.0 Å². The number of ether oxygens (including phenoxy) is 1. The van der Waals surface area contributed by atoms with Crippen molar-refractivity contribution >= 4 is 5.78 Å². The topological polar surface area (TPSA) is 29.5 Å². The van der Waals surface area contributed by atoms with Crippen LogP contribution in [0.15, 0.2) is 18.2 Å². The highest BCUT2D eigenvalue weighted by Gasteiger charge is 2.08. The molecule has 17 heavy (non-hydrogen) atoms. The Morgan fingerprint density at radius 1 is 1.41 bits per heavy atom. The van der Waals surface area contributed by atoms with Crippen LogP contribution in [0.1, 0.15) is 25.0 Å². The van der Waals surface area contributed by atoms with Crippen LogP contribution in [0.3, 0.4) is 0 Å². The van der Waals surface area contributed by atoms with Crippen LogP contribution in [0.5, 0.6) is 5.75 Å². The number of ketones is 1. The van der Waals surface area contributed by atoms with E-state index in [1.165, 1.54) is 5.56 Å². The molecule has 0 aromatic heterocycles. The lowest BCUT2D eigenvalue weighted by molar-refractivity contribution is -0.117. The summed E-state index contributed by atoms with van der Waals surface area (Å²) in [5, 5.41) is 0. The summed E-state index contributed by atoms with van der Waals surface area (Å²) >= 11 is 0. The molecule has 3 nitrogen and oxygen atoms in total. The Balaban J connectivity index is 2.83. The molecule has 94 valence electrons. The maximum atomic E-state index is 11.0. The quantitative estimate of drug-likeness (QED) is 0.757. The van der Waals surface area contributed by atoms with Gasteiger partial charge in [-0.25, -0.2) is 0 Å². The fraction of sp³-hybridized carbons (Fsp3) is 0.500. The van der Waals surface area contributed by atoms with E-state index in [1.807, 2.05) is 18.0 Å². The van der Waals surface area contributed by atoms with Crippen LogP contribution in [-0.4, -0.2) is 31.4 Å². The summed E-state index contributed by atoms with van der Waals surface area (Å²) in [5.41, 5.74) is 2.42. The molecular formula is C14H21NO2. The van der Waals surface area contributed by atoms with Crippen molar-refractivity contribution in [1.82, 2.24) is 4.90 Å². The molecule has 1 rings (SSSR count). The zero-order valence-corrected chi connectivity index (χ0v) is 11.1. The van der Waals surface area contributed by atoms with E-state index >= 15 is 0 Å². The lowest BCUT2D eigenvalue weighted by Gasteiger charge is -2.17. The average molecular weight is 235 g/mol. The van der Waals surface area contributed by atoms with Crippen molar-refractivity contribution in [3.8, 4) is 5.75 Å². The fourth-order valence-electron chi connectivity index (χ4n) is 1.90. The summed E-state index contributed by atoms with van der Waals surface area (Å²) in [4.78, 5) is 13.0. The summed E-state index contributed by atoms with van der Waals surface area (Å²) in [6.07, 6.45) is 1.01. The third kappa shape index (κ3) is 4.19. The Kier molecular flexibility index (Phi) is 5.16. The van der Waals surface area contributed by atoms with E-state index in [2.05, 4.69) is 19.1 Å². The zero-order chi connectivity index (χ0) is 12.8. The summed E-state index contributed by atoms with van der Waals surface area (Å²) in [7, 11) is 3.62. The minimum atomic E-state index is 0.179. The largest absolute Gasteiger partial charge is 0.496 e. The van der Waals surface area contributed by atoms with E-state index in [-0.39, 0.29) is 5.78 Å². The third-order valence-electron chi connectivity index (χ3n) is 2.69. The number of carbonyl (C=O) groups excluding carboxylic acids is 1. The average Bonchev–Trinajstić information content (AvgIpc) is 2.27. The molecule has 0 aliphatic carbocycles. The van der Waals surface area contributed by atoms with Gasteiger partial charge in [-0.15, -0.1) is 0 Å². The molecule has 0 saturated heterocycles. The number of aryl methyl sites for hydroxylation is 1. The van der Waals surface area contributed by atoms with Gasteiger partial charge in [-0.2, -0.15) is 0 Å². The molecule has 1 aromatic carbocycles. The molecule has 0 saturated carbocycles. The van der Waals surface area contributed by atoms with Gasteiger partial charge < -0.3 is 4.74 Å². The number of benzene rings is 1. The molecule has 0 heterocycles. The van der Waals surface area contributed by atoms with Crippen molar-refractivity contribution < 1.29 is 9.53 Å². The van der Waals surface area contributed by atoms with Gasteiger partial charge in [0.25, 0.3) is 0 Å². The third-order valence-corrected chi connectivity index (χ3v) is 2.69. The monoisotopic (exact) mass is 235 g/mol. The van der Waals surface area contributed by atoms with E-state index in [0.29, 0.717) is 6.54 Å². The van der Waals surface area contributed by atoms with Gasteiger partial charge >= 0.3 is 0 Å². The zero-order valence-electron chi connectivity index (χ0n) is 11.1. The number of hydrogen-bond acceptors (Lipinski definition) is 3. The SMILES string of the molecule is CCc1ccc(OC)c(CN(C)CC(C)=O)c1. The van der Waals surface area contributed by atoms with Gasteiger partial charge in [0.15, 0.2) is 0 Å². The molecule has 0 fully saturated rings. The van der Waals surface area contributed by atoms with Crippen LogP contribution in [0.4, 0.5) is 0 Å². The van der Waals surface area contributed by atoms with Gasteiger partial charge in [0, 0.05) is 12.1 Å². The molecule has 0 atom stereocenters. The van der Waals surface area contributed by atoms with Crippen molar-refractivity contribution in [1.29, 1.82) is 0 Å². The van der Waals surface area contributed by atoms with Crippen LogP contribution in [0, 0.1) is 0 Å². The van der Waals surface area contributed by atoms with Crippen LogP contribution in [-0.2, 0) is 17.8 Å². The van der Waals surface area contributed by atoms with Crippen LogP contribution < -0.4 is 4.74 Å². The van der Waals surface area contributed by atoms with Crippen molar-refractivity contribution in [3.05, 3.63) is 29.3 Å². The Morgan fingerprint density at radius 2 is 2.12 bits per heavy atom. The number of hydrogen-bond donors (Lipinski definition) is 0. The Morgan fingerprint density at radius 3 is 2.65 bits per heavy atom. The van der Waals surface area contributed by atoms with Crippen molar-refractivity contribution in [2.24, 2.45) is 0 Å². The summed E-state index contributed by atoms with van der Waals surface area (Å²) in [6, 6.07) is 6.22. The summed E-state index contributed by atoms with van der Waals surface area (Å²) < 4.78 is 5.34. The second-order valence-electron chi connectivity index (χ2n) is 4.37. The maximum Gasteiger partial charge on any atom is 0.143 e. The Hall–Kier alpha value is -1.35. The summed E-state index contributed by atoms with van der Waals surface area (Å²) in [5.74, 6) is 1.07. The fourth-order valence-corrected chi connectivity index (χ4v) is 1.90. The van der Waals surface area contributed by atoms with Gasteiger partial charge in [0.2, 0.25) is 0 Å². The first-order chi connectivity index (χ1) is 8.06. The molecule has 0 amide bonds. The Bertz CT molecular complexity index is 388. The van der Waals surface area contributed by atoms with Crippen molar-refractivity contribution in [2.45, 2.75) is 26.8 Å². The molecule has 0 aliphatic heterocycles. The van der Waals surface area contributed by atoms with Crippen molar-refractivity contribution in [3.63, 3.8) is 0 Å². The van der Waals surface area contributed by atoms with Crippen LogP contribution in [0.2, 0.25) is 0 Å². The van der Waals surface area contributed by atoms with Crippen LogP contribution >= 0.6 is 0 Å². The predicted molar refractivity (Wildman–Crippen MR) is 69.4 cm³/mol. The number of Topliss-reactive ketones (excluding diaryl/α,β-unsaturated/α-hetero) is 1. The number of rotatable bonds is 6. The molecule has 0 aliphatic rings. The van der Waals surface area contributed by atoms with Gasteiger partial charge in [-0.05, 0) is 32.0 Å². The highest BCUT2D eigenvalue weighted by molar-refractivity contribution is 5.77. The number of likely N-dealkylation sites (N-methyl/N-ethyl adjacent to an activating group) is 1. The van der Waals surface area contributed by atoms with Gasteiger partial charge in [0.05, 0.1) is 13.7 Å². The van der Waals surface area contributed by atoms with Crippen LogP contribution in [0.25, 0.3) is 0 Å². The van der Waals surface area contributed by atoms with E-state index < -0.39 is 0 Å². The molecule has 0 bridgehead atoms. The number of carbonyl (C=O) groups is 1. The highest BCUT2D eigenvalue weighted by atomic mass is 16.5. The van der Waals surface area contributed by atoms with E-state index in [4.69, 9.17) is 4.74 Å². The molecule has 0 radical (unpaired) electrons. The molecule has 0 unspecified atom stereocenters. The minimum absolute atomic E-state index is 0.179. The first-order valence-electron chi connectivity index (χ1n) is 5.90. The van der Waals surface area contributed by atoms with Gasteiger partial charge in [-0.1, -0.05) is 19.1 Å². The number of nitrogens with zero attached hydrogens (tertiary/aromatic N) is 1. The standard InChI is InChI=1S/C14H21NO2/c1-5-12-6-7-14(17-4)13(8-12)10-15(3)9-11(2)16/h6-8H,5,9-10H2,1-4H3. The van der Waals surface area contributed by atoms with Gasteiger partial charge in [-0.3, -0.25) is 9.69 Å².